The van der Waals surface area contributed by atoms with Crippen LogP contribution in [-0.4, -0.2) is 32.5 Å². The fraction of sp³-hybridized carbons (Fsp3) is 0.0769. The van der Waals surface area contributed by atoms with Crippen molar-refractivity contribution in [1.82, 2.24) is 19.4 Å². The molecular weight excluding hydrogens is 442 g/mol. The molecule has 3 aromatic heterocycles. The molecule has 2 amide bonds. The molecule has 0 aliphatic carbocycles. The van der Waals surface area contributed by atoms with Crippen LogP contribution < -0.4 is 20.7 Å². The van der Waals surface area contributed by atoms with Crippen molar-refractivity contribution in [2.75, 3.05) is 23.1 Å². The highest BCUT2D eigenvalue weighted by Gasteiger charge is 2.11. The third-order valence-corrected chi connectivity index (χ3v) is 5.35. The van der Waals surface area contributed by atoms with Crippen LogP contribution in [0.25, 0.3) is 16.9 Å². The van der Waals surface area contributed by atoms with Crippen LogP contribution in [0.1, 0.15) is 5.56 Å². The second-order valence-corrected chi connectivity index (χ2v) is 7.70. The average Bonchev–Trinajstić information content (AvgIpc) is 3.37. The van der Waals surface area contributed by atoms with Gasteiger partial charge in [-0.3, -0.25) is 4.98 Å². The number of amides is 2. The number of carbonyl (C=O) groups excluding carboxylic acids is 1. The van der Waals surface area contributed by atoms with Gasteiger partial charge in [-0.2, -0.15) is 0 Å². The number of fused-ring (bicyclic) bond motifs is 1. The van der Waals surface area contributed by atoms with Crippen LogP contribution in [0.4, 0.5) is 22.0 Å². The number of aromatic nitrogens is 4. The molecule has 174 valence electrons. The number of para-hydroxylation sites is 2. The van der Waals surface area contributed by atoms with Crippen molar-refractivity contribution >= 4 is 28.9 Å². The molecular formula is C26H23N7O2. The standard InChI is InChI=1S/C26H23N7O2/c1-35-23-8-3-2-7-21(23)32-26(34)30-20-6-4-5-19(15-20)22-17-33-14-13-28-25(33)24(31-22)29-16-18-9-11-27-12-10-18/h2-15,17H,16H2,1H3,(H,29,31)(H2,30,32,34). The molecule has 3 N–H and O–H groups in total. The van der Waals surface area contributed by atoms with E-state index >= 15 is 0 Å². The molecule has 0 spiro atoms. The first-order chi connectivity index (χ1) is 17.2. The Labute approximate surface area is 201 Å². The summed E-state index contributed by atoms with van der Waals surface area (Å²) in [5.74, 6) is 1.25. The molecule has 0 saturated carbocycles. The Morgan fingerprint density at radius 1 is 1.00 bits per heavy atom. The molecule has 9 heteroatoms. The highest BCUT2D eigenvalue weighted by Crippen LogP contribution is 2.26. The zero-order valence-electron chi connectivity index (χ0n) is 19.0. The van der Waals surface area contributed by atoms with Crippen molar-refractivity contribution in [2.24, 2.45) is 0 Å². The molecule has 5 rings (SSSR count). The van der Waals surface area contributed by atoms with Crippen LogP contribution >= 0.6 is 0 Å². The van der Waals surface area contributed by atoms with E-state index in [-0.39, 0.29) is 6.03 Å². The van der Waals surface area contributed by atoms with Crippen molar-refractivity contribution in [3.8, 4) is 17.0 Å². The third kappa shape index (κ3) is 5.03. The summed E-state index contributed by atoms with van der Waals surface area (Å²) in [4.78, 5) is 25.9. The fourth-order valence-electron chi connectivity index (χ4n) is 3.66. The lowest BCUT2D eigenvalue weighted by Gasteiger charge is -2.12. The smallest absolute Gasteiger partial charge is 0.323 e. The number of nitrogens with zero attached hydrogens (tertiary/aromatic N) is 4. The molecule has 9 nitrogen and oxygen atoms in total. The number of pyridine rings is 1. The van der Waals surface area contributed by atoms with Gasteiger partial charge in [0, 0.05) is 48.8 Å². The molecule has 0 radical (unpaired) electrons. The number of anilines is 3. The van der Waals surface area contributed by atoms with Gasteiger partial charge in [-0.15, -0.1) is 0 Å². The van der Waals surface area contributed by atoms with Crippen molar-refractivity contribution < 1.29 is 9.53 Å². The number of carbonyl (C=O) groups is 1. The SMILES string of the molecule is COc1ccccc1NC(=O)Nc1cccc(-c2cn3ccnc3c(NCc3ccncc3)n2)c1. The van der Waals surface area contributed by atoms with Crippen LogP contribution in [0.3, 0.4) is 0 Å². The van der Waals surface area contributed by atoms with E-state index in [1.54, 1.807) is 37.8 Å². The third-order valence-electron chi connectivity index (χ3n) is 5.35. The van der Waals surface area contributed by atoms with Gasteiger partial charge in [0.25, 0.3) is 0 Å². The van der Waals surface area contributed by atoms with E-state index in [0.717, 1.165) is 22.5 Å². The first-order valence-electron chi connectivity index (χ1n) is 11.0. The molecule has 0 aliphatic heterocycles. The van der Waals surface area contributed by atoms with Gasteiger partial charge in [-0.25, -0.2) is 14.8 Å². The van der Waals surface area contributed by atoms with E-state index in [4.69, 9.17) is 9.72 Å². The van der Waals surface area contributed by atoms with Crippen molar-refractivity contribution in [1.29, 1.82) is 0 Å². The van der Waals surface area contributed by atoms with E-state index in [9.17, 15) is 4.79 Å². The van der Waals surface area contributed by atoms with Crippen LogP contribution in [-0.2, 0) is 6.54 Å². The Hall–Kier alpha value is -4.92. The number of methoxy groups -OCH3 is 1. The lowest BCUT2D eigenvalue weighted by molar-refractivity contribution is 0.262. The number of hydrogen-bond acceptors (Lipinski definition) is 6. The predicted molar refractivity (Wildman–Crippen MR) is 136 cm³/mol. The number of urea groups is 1. The summed E-state index contributed by atoms with van der Waals surface area (Å²) in [7, 11) is 1.56. The Balaban J connectivity index is 1.37. The molecule has 0 bridgehead atoms. The van der Waals surface area contributed by atoms with Crippen LogP contribution in [0.5, 0.6) is 5.75 Å². The number of rotatable bonds is 7. The molecule has 0 fully saturated rings. The average molecular weight is 466 g/mol. The van der Waals surface area contributed by atoms with E-state index in [0.29, 0.717) is 29.5 Å². The van der Waals surface area contributed by atoms with Gasteiger partial charge in [0.1, 0.15) is 5.75 Å². The maximum absolute atomic E-state index is 12.6. The number of ether oxygens (including phenoxy) is 1. The quantitative estimate of drug-likeness (QED) is 0.310. The predicted octanol–water partition coefficient (Wildman–Crippen LogP) is 5.06. The molecule has 5 aromatic rings. The summed E-state index contributed by atoms with van der Waals surface area (Å²) in [5.41, 5.74) is 4.62. The van der Waals surface area contributed by atoms with Crippen molar-refractivity contribution in [2.45, 2.75) is 6.54 Å². The fourth-order valence-corrected chi connectivity index (χ4v) is 3.66. The second-order valence-electron chi connectivity index (χ2n) is 7.70. The maximum atomic E-state index is 12.6. The summed E-state index contributed by atoms with van der Waals surface area (Å²) in [6, 6.07) is 18.3. The topological polar surface area (TPSA) is 105 Å². The molecule has 2 aromatic carbocycles. The minimum Gasteiger partial charge on any atom is -0.495 e. The van der Waals surface area contributed by atoms with Gasteiger partial charge in [0.05, 0.1) is 18.5 Å². The monoisotopic (exact) mass is 465 g/mol. The zero-order valence-corrected chi connectivity index (χ0v) is 19.0. The minimum absolute atomic E-state index is 0.371. The number of hydrogen-bond donors (Lipinski definition) is 3. The Morgan fingerprint density at radius 3 is 2.71 bits per heavy atom. The lowest BCUT2D eigenvalue weighted by atomic mass is 10.1. The summed E-state index contributed by atoms with van der Waals surface area (Å²) in [6.07, 6.45) is 9.04. The zero-order chi connectivity index (χ0) is 24.0. The van der Waals surface area contributed by atoms with E-state index in [2.05, 4.69) is 25.9 Å². The second kappa shape index (κ2) is 9.92. The summed E-state index contributed by atoms with van der Waals surface area (Å²) >= 11 is 0. The molecule has 0 atom stereocenters. The van der Waals surface area contributed by atoms with Gasteiger partial charge in [-0.1, -0.05) is 24.3 Å². The van der Waals surface area contributed by atoms with Crippen molar-refractivity contribution in [3.63, 3.8) is 0 Å². The highest BCUT2D eigenvalue weighted by molar-refractivity contribution is 6.01. The summed E-state index contributed by atoms with van der Waals surface area (Å²) < 4.78 is 7.22. The Bertz CT molecular complexity index is 1470. The summed E-state index contributed by atoms with van der Waals surface area (Å²) in [6.45, 7) is 0.589. The van der Waals surface area contributed by atoms with Crippen LogP contribution in [0.2, 0.25) is 0 Å². The lowest BCUT2D eigenvalue weighted by Crippen LogP contribution is -2.19. The molecule has 0 aliphatic rings. The Morgan fingerprint density at radius 2 is 1.86 bits per heavy atom. The molecule has 35 heavy (non-hydrogen) atoms. The van der Waals surface area contributed by atoms with E-state index in [1.807, 2.05) is 65.3 Å². The van der Waals surface area contributed by atoms with Crippen LogP contribution in [0, 0.1) is 0 Å². The summed E-state index contributed by atoms with van der Waals surface area (Å²) in [5, 5.41) is 9.06. The first kappa shape index (κ1) is 21.9. The highest BCUT2D eigenvalue weighted by atomic mass is 16.5. The van der Waals surface area contributed by atoms with Gasteiger partial charge in [0.2, 0.25) is 0 Å². The van der Waals surface area contributed by atoms with Crippen molar-refractivity contribution in [3.05, 3.63) is 97.2 Å². The number of nitrogens with one attached hydrogen (secondary N) is 3. The molecule has 0 unspecified atom stereocenters. The minimum atomic E-state index is -0.371. The number of benzene rings is 2. The van der Waals surface area contributed by atoms with Gasteiger partial charge in [0.15, 0.2) is 11.5 Å². The van der Waals surface area contributed by atoms with Crippen LogP contribution in [0.15, 0.2) is 91.6 Å². The molecule has 3 heterocycles. The van der Waals surface area contributed by atoms with E-state index < -0.39 is 0 Å². The molecule has 0 saturated heterocycles. The van der Waals surface area contributed by atoms with Gasteiger partial charge in [-0.05, 0) is 42.0 Å². The van der Waals surface area contributed by atoms with Gasteiger partial charge < -0.3 is 25.1 Å². The number of imidazole rings is 1. The normalized spacial score (nSPS) is 10.7. The Kier molecular flexibility index (Phi) is 6.21. The first-order valence-corrected chi connectivity index (χ1v) is 11.0. The van der Waals surface area contributed by atoms with Gasteiger partial charge >= 0.3 is 6.03 Å². The van der Waals surface area contributed by atoms with E-state index in [1.165, 1.54) is 0 Å². The maximum Gasteiger partial charge on any atom is 0.323 e. The largest absolute Gasteiger partial charge is 0.495 e.